The van der Waals surface area contributed by atoms with Crippen LogP contribution < -0.4 is 5.32 Å². The molecule has 3 aromatic rings. The summed E-state index contributed by atoms with van der Waals surface area (Å²) in [5, 5.41) is 3.04. The fourth-order valence-corrected chi connectivity index (χ4v) is 3.74. The van der Waals surface area contributed by atoms with Gasteiger partial charge in [-0.25, -0.2) is 4.98 Å². The van der Waals surface area contributed by atoms with Gasteiger partial charge in [-0.15, -0.1) is 0 Å². The van der Waals surface area contributed by atoms with Crippen LogP contribution in [0.25, 0.3) is 5.65 Å². The number of hydrogen-bond donors (Lipinski definition) is 1. The Labute approximate surface area is 149 Å². The Balaban J connectivity index is 1.58. The van der Waals surface area contributed by atoms with Gasteiger partial charge in [0, 0.05) is 34.4 Å². The van der Waals surface area contributed by atoms with E-state index in [1.165, 1.54) is 11.3 Å². The molecular formula is C19H18BrN3O. The molecule has 1 N–H and O–H groups in total. The van der Waals surface area contributed by atoms with Gasteiger partial charge in [-0.2, -0.15) is 0 Å². The topological polar surface area (TPSA) is 46.4 Å². The summed E-state index contributed by atoms with van der Waals surface area (Å²) >= 11 is 3.44. The molecule has 122 valence electrons. The molecule has 1 amide bonds. The zero-order valence-corrected chi connectivity index (χ0v) is 15.0. The predicted octanol–water partition coefficient (Wildman–Crippen LogP) is 4.15. The number of carbonyl (C=O) groups is 1. The lowest BCUT2D eigenvalue weighted by Gasteiger charge is -2.21. The Bertz CT molecular complexity index is 932. The molecule has 0 fully saturated rings. The average molecular weight is 384 g/mol. The quantitative estimate of drug-likeness (QED) is 0.722. The van der Waals surface area contributed by atoms with E-state index >= 15 is 0 Å². The smallest absolute Gasteiger partial charge is 0.227 e. The highest BCUT2D eigenvalue weighted by Gasteiger charge is 2.28. The summed E-state index contributed by atoms with van der Waals surface area (Å²) in [6.45, 7) is 2.08. The summed E-state index contributed by atoms with van der Waals surface area (Å²) in [6, 6.07) is 11.8. The number of amides is 1. The summed E-state index contributed by atoms with van der Waals surface area (Å²) in [5.41, 5.74) is 5.30. The van der Waals surface area contributed by atoms with Crippen LogP contribution in [0, 0.1) is 12.8 Å². The van der Waals surface area contributed by atoms with Gasteiger partial charge in [0.2, 0.25) is 5.91 Å². The summed E-state index contributed by atoms with van der Waals surface area (Å²) < 4.78 is 3.10. The third-order valence-electron chi connectivity index (χ3n) is 4.58. The highest BCUT2D eigenvalue weighted by atomic mass is 79.9. The molecule has 1 atom stereocenters. The number of nitrogens with one attached hydrogen (secondary N) is 1. The fourth-order valence-electron chi connectivity index (χ4n) is 3.35. The zero-order chi connectivity index (χ0) is 16.7. The summed E-state index contributed by atoms with van der Waals surface area (Å²) in [7, 11) is 0. The van der Waals surface area contributed by atoms with Crippen LogP contribution >= 0.6 is 15.9 Å². The van der Waals surface area contributed by atoms with E-state index in [2.05, 4.69) is 44.8 Å². The molecule has 1 aliphatic carbocycles. The van der Waals surface area contributed by atoms with Gasteiger partial charge in [-0.1, -0.05) is 28.1 Å². The van der Waals surface area contributed by atoms with Crippen LogP contribution in [0.1, 0.15) is 23.4 Å². The molecule has 1 aromatic carbocycles. The number of anilines is 1. The number of nitrogens with zero attached hydrogens (tertiary/aromatic N) is 2. The lowest BCUT2D eigenvalue weighted by molar-refractivity contribution is -0.120. The van der Waals surface area contributed by atoms with Crippen molar-refractivity contribution in [1.29, 1.82) is 0 Å². The second-order valence-electron chi connectivity index (χ2n) is 6.38. The van der Waals surface area contributed by atoms with E-state index in [4.69, 9.17) is 4.98 Å². The van der Waals surface area contributed by atoms with Crippen LogP contribution in [0.15, 0.2) is 47.1 Å². The fraction of sp³-hybridized carbons (Fsp3) is 0.263. The van der Waals surface area contributed by atoms with Gasteiger partial charge in [-0.3, -0.25) is 4.79 Å². The number of pyridine rings is 1. The molecule has 2 aromatic heterocycles. The van der Waals surface area contributed by atoms with Crippen molar-refractivity contribution < 1.29 is 4.79 Å². The lowest BCUT2D eigenvalue weighted by atomic mass is 9.89. The van der Waals surface area contributed by atoms with Gasteiger partial charge in [0.05, 0.1) is 5.69 Å². The van der Waals surface area contributed by atoms with Crippen molar-refractivity contribution >= 4 is 33.2 Å². The van der Waals surface area contributed by atoms with Crippen molar-refractivity contribution in [1.82, 2.24) is 9.38 Å². The van der Waals surface area contributed by atoms with Crippen LogP contribution in [0.5, 0.6) is 0 Å². The van der Waals surface area contributed by atoms with Crippen molar-refractivity contribution in [3.63, 3.8) is 0 Å². The molecule has 4 rings (SSSR count). The van der Waals surface area contributed by atoms with Gasteiger partial charge < -0.3 is 9.72 Å². The average Bonchev–Trinajstić information content (AvgIpc) is 2.92. The van der Waals surface area contributed by atoms with Crippen molar-refractivity contribution in [2.45, 2.75) is 26.2 Å². The molecule has 5 heteroatoms. The molecule has 0 bridgehead atoms. The van der Waals surface area contributed by atoms with Gasteiger partial charge in [0.15, 0.2) is 0 Å². The number of aromatic nitrogens is 2. The minimum absolute atomic E-state index is 0.0168. The Morgan fingerprint density at radius 1 is 1.33 bits per heavy atom. The van der Waals surface area contributed by atoms with E-state index in [1.54, 1.807) is 0 Å². The third kappa shape index (κ3) is 2.84. The van der Waals surface area contributed by atoms with Crippen LogP contribution in [0.2, 0.25) is 0 Å². The number of hydrogen-bond acceptors (Lipinski definition) is 2. The number of aryl methyl sites for hydroxylation is 2. The monoisotopic (exact) mass is 383 g/mol. The Morgan fingerprint density at radius 3 is 3.04 bits per heavy atom. The molecule has 1 unspecified atom stereocenters. The molecule has 2 heterocycles. The summed E-state index contributed by atoms with van der Waals surface area (Å²) in [4.78, 5) is 17.4. The van der Waals surface area contributed by atoms with Crippen LogP contribution in [-0.2, 0) is 17.6 Å². The summed E-state index contributed by atoms with van der Waals surface area (Å²) in [5.74, 6) is 0.0678. The maximum atomic E-state index is 12.7. The van der Waals surface area contributed by atoms with E-state index in [0.29, 0.717) is 0 Å². The molecule has 4 nitrogen and oxygen atoms in total. The Kier molecular flexibility index (Phi) is 3.88. The maximum Gasteiger partial charge on any atom is 0.227 e. The van der Waals surface area contributed by atoms with Crippen molar-refractivity contribution in [2.75, 3.05) is 5.32 Å². The largest absolute Gasteiger partial charge is 0.326 e. The van der Waals surface area contributed by atoms with Gasteiger partial charge >= 0.3 is 0 Å². The lowest BCUT2D eigenvalue weighted by Crippen LogP contribution is -2.28. The van der Waals surface area contributed by atoms with E-state index in [0.717, 1.165) is 40.8 Å². The number of carbonyl (C=O) groups excluding carboxylic acids is 1. The first-order chi connectivity index (χ1) is 11.6. The second-order valence-corrected chi connectivity index (χ2v) is 7.29. The third-order valence-corrected chi connectivity index (χ3v) is 5.07. The van der Waals surface area contributed by atoms with E-state index in [-0.39, 0.29) is 11.8 Å². The highest BCUT2D eigenvalue weighted by Crippen LogP contribution is 2.28. The van der Waals surface area contributed by atoms with Crippen molar-refractivity contribution in [3.8, 4) is 0 Å². The van der Waals surface area contributed by atoms with Gasteiger partial charge in [0.25, 0.3) is 0 Å². The molecule has 1 aliphatic rings. The van der Waals surface area contributed by atoms with Crippen LogP contribution in [0.3, 0.4) is 0 Å². The molecule has 0 spiro atoms. The molecular weight excluding hydrogens is 366 g/mol. The predicted molar refractivity (Wildman–Crippen MR) is 98.2 cm³/mol. The maximum absolute atomic E-state index is 12.7. The van der Waals surface area contributed by atoms with E-state index < -0.39 is 0 Å². The number of fused-ring (bicyclic) bond motifs is 3. The molecule has 0 saturated carbocycles. The SMILES string of the molecule is Cc1ccc2nc3c(n2c1)CC(C(=O)Nc1cccc(Br)c1)CC3. The number of imidazole rings is 1. The first-order valence-corrected chi connectivity index (χ1v) is 8.92. The molecule has 0 saturated heterocycles. The first kappa shape index (κ1) is 15.4. The number of rotatable bonds is 2. The van der Waals surface area contributed by atoms with Crippen LogP contribution in [-0.4, -0.2) is 15.3 Å². The van der Waals surface area contributed by atoms with Crippen LogP contribution in [0.4, 0.5) is 5.69 Å². The first-order valence-electron chi connectivity index (χ1n) is 8.13. The van der Waals surface area contributed by atoms with E-state index in [1.807, 2.05) is 30.3 Å². The Hall–Kier alpha value is -2.14. The molecule has 0 aliphatic heterocycles. The standard InChI is InChI=1S/C19H18BrN3O/c1-12-5-8-18-22-16-7-6-13(9-17(16)23(18)11-12)19(24)21-15-4-2-3-14(20)10-15/h2-5,8,10-11,13H,6-7,9H2,1H3,(H,21,24). The van der Waals surface area contributed by atoms with E-state index in [9.17, 15) is 4.79 Å². The normalized spacial score (nSPS) is 16.8. The zero-order valence-electron chi connectivity index (χ0n) is 13.4. The van der Waals surface area contributed by atoms with Crippen molar-refractivity contribution in [2.24, 2.45) is 5.92 Å². The summed E-state index contributed by atoms with van der Waals surface area (Å²) in [6.07, 6.45) is 4.54. The minimum atomic E-state index is -0.0168. The number of halogens is 1. The van der Waals surface area contributed by atoms with Gasteiger partial charge in [0.1, 0.15) is 5.65 Å². The minimum Gasteiger partial charge on any atom is -0.326 e. The number of benzene rings is 1. The second kappa shape index (κ2) is 6.06. The Morgan fingerprint density at radius 2 is 2.21 bits per heavy atom. The highest BCUT2D eigenvalue weighted by molar-refractivity contribution is 9.10. The molecule has 24 heavy (non-hydrogen) atoms. The van der Waals surface area contributed by atoms with Crippen molar-refractivity contribution in [3.05, 3.63) is 64.0 Å². The van der Waals surface area contributed by atoms with Gasteiger partial charge in [-0.05, 0) is 49.6 Å². The molecule has 0 radical (unpaired) electrons.